The van der Waals surface area contributed by atoms with E-state index in [-0.39, 0.29) is 5.97 Å². The lowest BCUT2D eigenvalue weighted by Crippen LogP contribution is -2.31. The van der Waals surface area contributed by atoms with Gasteiger partial charge in [-0.15, -0.1) is 0 Å². The smallest absolute Gasteiger partial charge is 0.340 e. The van der Waals surface area contributed by atoms with E-state index in [4.69, 9.17) is 9.47 Å². The van der Waals surface area contributed by atoms with Crippen LogP contribution in [0.3, 0.4) is 0 Å². The van der Waals surface area contributed by atoms with Crippen LogP contribution in [0.1, 0.15) is 38.4 Å². The molecule has 1 unspecified atom stereocenters. The van der Waals surface area contributed by atoms with Crippen LogP contribution in [0.5, 0.6) is 5.75 Å². The van der Waals surface area contributed by atoms with Crippen molar-refractivity contribution in [1.82, 2.24) is 9.55 Å². The maximum atomic E-state index is 13.3. The third-order valence-electron chi connectivity index (χ3n) is 7.07. The number of cyclic esters (lactones) is 1. The molecule has 0 amide bonds. The van der Waals surface area contributed by atoms with Crippen LogP contribution in [0.2, 0.25) is 0 Å². The third-order valence-corrected chi connectivity index (χ3v) is 7.07. The van der Waals surface area contributed by atoms with E-state index in [0.29, 0.717) is 5.56 Å². The van der Waals surface area contributed by atoms with Gasteiger partial charge in [0.25, 0.3) is 0 Å². The Hall–Kier alpha value is -3.99. The summed E-state index contributed by atoms with van der Waals surface area (Å²) in [4.78, 5) is 16.8. The van der Waals surface area contributed by atoms with E-state index in [1.807, 2.05) is 61.5 Å². The van der Waals surface area contributed by atoms with Gasteiger partial charge in [0.05, 0.1) is 12.7 Å². The number of carbonyl (C=O) groups is 1. The van der Waals surface area contributed by atoms with Crippen LogP contribution >= 0.6 is 0 Å². The van der Waals surface area contributed by atoms with Crippen molar-refractivity contribution >= 4 is 27.8 Å². The second-order valence-corrected chi connectivity index (χ2v) is 8.69. The van der Waals surface area contributed by atoms with Gasteiger partial charge in [-0.05, 0) is 44.2 Å². The molecule has 6 rings (SSSR count). The summed E-state index contributed by atoms with van der Waals surface area (Å²) in [6, 6.07) is 22.0. The van der Waals surface area contributed by atoms with E-state index < -0.39 is 5.60 Å². The summed E-state index contributed by atoms with van der Waals surface area (Å²) in [7, 11) is 3.72. The molecule has 5 aromatic rings. The predicted octanol–water partition coefficient (Wildman–Crippen LogP) is 5.75. The quantitative estimate of drug-likeness (QED) is 0.367. The van der Waals surface area contributed by atoms with Gasteiger partial charge in [0.15, 0.2) is 5.60 Å². The van der Waals surface area contributed by atoms with Crippen molar-refractivity contribution in [3.8, 4) is 5.75 Å². The van der Waals surface area contributed by atoms with Gasteiger partial charge in [-0.3, -0.25) is 0 Å². The first kappa shape index (κ1) is 19.7. The number of rotatable bonds is 3. The van der Waals surface area contributed by atoms with Gasteiger partial charge in [0.2, 0.25) is 0 Å². The molecule has 0 aliphatic carbocycles. The minimum Gasteiger partial charge on any atom is -0.497 e. The van der Waals surface area contributed by atoms with Gasteiger partial charge in [0, 0.05) is 56.9 Å². The summed E-state index contributed by atoms with van der Waals surface area (Å²) < 4.78 is 14.2. The highest BCUT2D eigenvalue weighted by molar-refractivity contribution is 6.01. The number of fused-ring (bicyclic) bond motifs is 3. The first-order chi connectivity index (χ1) is 16.0. The number of aryl methyl sites for hydroxylation is 2. The van der Waals surface area contributed by atoms with E-state index >= 15 is 0 Å². The Kier molecular flexibility index (Phi) is 4.03. The van der Waals surface area contributed by atoms with Crippen LogP contribution in [-0.2, 0) is 17.4 Å². The molecule has 3 aromatic carbocycles. The number of H-pyrrole nitrogens is 1. The summed E-state index contributed by atoms with van der Waals surface area (Å²) in [6.45, 7) is 4.13. The van der Waals surface area contributed by atoms with Crippen molar-refractivity contribution in [3.63, 3.8) is 0 Å². The molecule has 33 heavy (non-hydrogen) atoms. The number of nitrogens with zero attached hydrogens (tertiary/aromatic N) is 1. The Morgan fingerprint density at radius 3 is 2.52 bits per heavy atom. The number of benzene rings is 3. The molecule has 0 saturated carbocycles. The monoisotopic (exact) mass is 436 g/mol. The lowest BCUT2D eigenvalue weighted by molar-refractivity contribution is 0.0256. The molecular formula is C28H24N2O3. The molecule has 5 heteroatoms. The van der Waals surface area contributed by atoms with Crippen LogP contribution in [-0.4, -0.2) is 22.6 Å². The average Bonchev–Trinajstić information content (AvgIpc) is 3.41. The zero-order valence-corrected chi connectivity index (χ0v) is 19.0. The fraction of sp³-hybridized carbons (Fsp3) is 0.179. The number of aromatic amines is 1. The van der Waals surface area contributed by atoms with E-state index in [0.717, 1.165) is 55.6 Å². The maximum absolute atomic E-state index is 13.3. The van der Waals surface area contributed by atoms with E-state index in [2.05, 4.69) is 35.7 Å². The van der Waals surface area contributed by atoms with Crippen LogP contribution in [0.15, 0.2) is 66.7 Å². The van der Waals surface area contributed by atoms with E-state index in [1.165, 1.54) is 0 Å². The lowest BCUT2D eigenvalue weighted by atomic mass is 9.77. The van der Waals surface area contributed by atoms with Crippen LogP contribution in [0, 0.1) is 13.8 Å². The van der Waals surface area contributed by atoms with Gasteiger partial charge in [-0.1, -0.05) is 36.4 Å². The van der Waals surface area contributed by atoms with Gasteiger partial charge < -0.3 is 19.0 Å². The Morgan fingerprint density at radius 2 is 1.70 bits per heavy atom. The molecular weight excluding hydrogens is 412 g/mol. The topological polar surface area (TPSA) is 56.2 Å². The van der Waals surface area contributed by atoms with Gasteiger partial charge in [-0.25, -0.2) is 4.79 Å². The molecule has 1 atom stereocenters. The maximum Gasteiger partial charge on any atom is 0.340 e. The van der Waals surface area contributed by atoms with Crippen LogP contribution in [0.25, 0.3) is 21.8 Å². The normalized spacial score (nSPS) is 17.5. The first-order valence-electron chi connectivity index (χ1n) is 11.0. The number of para-hydroxylation sites is 1. The fourth-order valence-corrected chi connectivity index (χ4v) is 5.57. The summed E-state index contributed by atoms with van der Waals surface area (Å²) in [5, 5.41) is 2.04. The van der Waals surface area contributed by atoms with Crippen molar-refractivity contribution in [2.45, 2.75) is 19.4 Å². The highest BCUT2D eigenvalue weighted by Gasteiger charge is 2.52. The zero-order valence-electron chi connectivity index (χ0n) is 19.0. The fourth-order valence-electron chi connectivity index (χ4n) is 5.57. The largest absolute Gasteiger partial charge is 0.497 e. The molecule has 0 bridgehead atoms. The van der Waals surface area contributed by atoms with E-state index in [9.17, 15) is 4.79 Å². The van der Waals surface area contributed by atoms with Crippen molar-refractivity contribution < 1.29 is 14.3 Å². The SMILES string of the molecule is COc1ccc2[nH]c(C)c(C3(c4c(C)n(C)c5ccccc45)OC(=O)c4ccccc43)c2c1. The number of nitrogens with one attached hydrogen (secondary N) is 1. The molecule has 164 valence electrons. The molecule has 1 N–H and O–H groups in total. The molecule has 0 fully saturated rings. The molecule has 0 spiro atoms. The number of ether oxygens (including phenoxy) is 2. The average molecular weight is 437 g/mol. The second kappa shape index (κ2) is 6.75. The zero-order chi connectivity index (χ0) is 22.9. The highest BCUT2D eigenvalue weighted by Crippen LogP contribution is 2.53. The number of hydrogen-bond donors (Lipinski definition) is 1. The Bertz CT molecular complexity index is 1590. The third kappa shape index (κ3) is 2.45. The van der Waals surface area contributed by atoms with Crippen molar-refractivity contribution in [2.24, 2.45) is 7.05 Å². The number of esters is 1. The minimum atomic E-state index is -1.09. The predicted molar refractivity (Wildman–Crippen MR) is 129 cm³/mol. The Balaban J connectivity index is 1.84. The van der Waals surface area contributed by atoms with Crippen molar-refractivity contribution in [3.05, 3.63) is 100 Å². The Morgan fingerprint density at radius 1 is 0.939 bits per heavy atom. The highest BCUT2D eigenvalue weighted by atomic mass is 16.6. The molecule has 0 saturated heterocycles. The van der Waals surface area contributed by atoms with E-state index in [1.54, 1.807) is 7.11 Å². The molecule has 2 aromatic heterocycles. The Labute approximate surface area is 191 Å². The molecule has 3 heterocycles. The van der Waals surface area contributed by atoms with Crippen molar-refractivity contribution in [2.75, 3.05) is 7.11 Å². The van der Waals surface area contributed by atoms with Gasteiger partial charge >= 0.3 is 5.97 Å². The molecule has 1 aliphatic rings. The van der Waals surface area contributed by atoms with Gasteiger partial charge in [0.1, 0.15) is 5.75 Å². The minimum absolute atomic E-state index is 0.311. The lowest BCUT2D eigenvalue weighted by Gasteiger charge is -2.31. The van der Waals surface area contributed by atoms with Crippen LogP contribution < -0.4 is 4.74 Å². The summed E-state index contributed by atoms with van der Waals surface area (Å²) in [6.07, 6.45) is 0. The second-order valence-electron chi connectivity index (χ2n) is 8.69. The summed E-state index contributed by atoms with van der Waals surface area (Å²) in [5.41, 5.74) is 6.38. The number of methoxy groups -OCH3 is 1. The number of aromatic nitrogens is 2. The van der Waals surface area contributed by atoms with Gasteiger partial charge in [-0.2, -0.15) is 0 Å². The molecule has 5 nitrogen and oxygen atoms in total. The number of hydrogen-bond acceptors (Lipinski definition) is 3. The standard InChI is InChI=1S/C28H24N2O3/c1-16-25(21-15-18(32-4)13-14-23(21)29-16)28(22-11-7-5-9-19(22)27(31)33-28)26-17(2)30(3)24-12-8-6-10-20(24)26/h5-15,29H,1-4H3. The first-order valence-corrected chi connectivity index (χ1v) is 11.0. The summed E-state index contributed by atoms with van der Waals surface area (Å²) >= 11 is 0. The molecule has 0 radical (unpaired) electrons. The molecule has 1 aliphatic heterocycles. The number of carbonyl (C=O) groups excluding carboxylic acids is 1. The summed E-state index contributed by atoms with van der Waals surface area (Å²) in [5.74, 6) is 0.444. The van der Waals surface area contributed by atoms with Crippen molar-refractivity contribution in [1.29, 1.82) is 0 Å². The van der Waals surface area contributed by atoms with Crippen LogP contribution in [0.4, 0.5) is 0 Å².